The molecule has 0 saturated carbocycles. The Morgan fingerprint density at radius 1 is 1.48 bits per heavy atom. The first kappa shape index (κ1) is 16.3. The second-order valence-corrected chi connectivity index (χ2v) is 7.54. The van der Waals surface area contributed by atoms with Crippen molar-refractivity contribution in [3.05, 3.63) is 28.2 Å². The maximum atomic E-state index is 12.4. The molecule has 1 unspecified atom stereocenters. The normalized spacial score (nSPS) is 20.2. The van der Waals surface area contributed by atoms with E-state index in [-0.39, 0.29) is 6.54 Å². The van der Waals surface area contributed by atoms with Gasteiger partial charge in [0.2, 0.25) is 0 Å². The summed E-state index contributed by atoms with van der Waals surface area (Å²) in [5, 5.41) is 9.04. The predicted molar refractivity (Wildman–Crippen MR) is 83.4 cm³/mol. The van der Waals surface area contributed by atoms with Crippen LogP contribution in [0.25, 0.3) is 0 Å². The zero-order valence-corrected chi connectivity index (χ0v) is 13.9. The highest BCUT2D eigenvalue weighted by Crippen LogP contribution is 2.28. The number of piperidine rings is 1. The molecule has 0 aromatic heterocycles. The molecule has 116 valence electrons. The lowest BCUT2D eigenvalue weighted by Crippen LogP contribution is -2.44. The van der Waals surface area contributed by atoms with Gasteiger partial charge < -0.3 is 5.11 Å². The van der Waals surface area contributed by atoms with Crippen LogP contribution in [0.4, 0.5) is 5.69 Å². The smallest absolute Gasteiger partial charge is 0.307 e. The molecule has 1 aliphatic heterocycles. The van der Waals surface area contributed by atoms with Gasteiger partial charge >= 0.3 is 16.2 Å². The zero-order chi connectivity index (χ0) is 15.6. The van der Waals surface area contributed by atoms with Crippen molar-refractivity contribution in [2.45, 2.75) is 19.8 Å². The average molecular weight is 377 g/mol. The van der Waals surface area contributed by atoms with Gasteiger partial charge in [-0.25, -0.2) is 0 Å². The van der Waals surface area contributed by atoms with E-state index >= 15 is 0 Å². The fraction of sp³-hybridized carbons (Fsp3) is 0.462. The molecular formula is C13H17BrN2O4S. The molecule has 2 N–H and O–H groups in total. The Bertz CT molecular complexity index is 648. The van der Waals surface area contributed by atoms with Crippen molar-refractivity contribution in [1.29, 1.82) is 0 Å². The monoisotopic (exact) mass is 376 g/mol. The summed E-state index contributed by atoms with van der Waals surface area (Å²) in [6.45, 7) is 2.21. The fourth-order valence-corrected chi connectivity index (χ4v) is 4.11. The first-order valence-electron chi connectivity index (χ1n) is 6.57. The van der Waals surface area contributed by atoms with E-state index in [0.717, 1.165) is 5.56 Å². The highest BCUT2D eigenvalue weighted by atomic mass is 79.9. The second kappa shape index (κ2) is 6.33. The maximum Gasteiger partial charge on any atom is 0.307 e. The lowest BCUT2D eigenvalue weighted by molar-refractivity contribution is -0.142. The standard InChI is InChI=1S/C13H17BrN2O4S/c1-9-4-2-6-11(12(9)14)15-21(19,20)16-7-3-5-10(8-16)13(17)18/h2,4,6,10,15H,3,5,7-8H2,1H3,(H,17,18). The number of nitrogens with one attached hydrogen (secondary N) is 1. The molecule has 1 saturated heterocycles. The number of carboxylic acid groups (broad SMARTS) is 1. The van der Waals surface area contributed by atoms with Gasteiger partial charge in [0.15, 0.2) is 0 Å². The number of anilines is 1. The second-order valence-electron chi connectivity index (χ2n) is 5.08. The third-order valence-electron chi connectivity index (χ3n) is 3.50. The minimum atomic E-state index is -3.75. The Labute approximate surface area is 132 Å². The molecular weight excluding hydrogens is 360 g/mol. The van der Waals surface area contributed by atoms with E-state index in [4.69, 9.17) is 5.11 Å². The maximum absolute atomic E-state index is 12.4. The molecule has 1 aliphatic rings. The number of hydrogen-bond donors (Lipinski definition) is 2. The summed E-state index contributed by atoms with van der Waals surface area (Å²) in [5.74, 6) is -1.59. The lowest BCUT2D eigenvalue weighted by atomic mass is 10.0. The molecule has 1 atom stereocenters. The number of rotatable bonds is 4. The Balaban J connectivity index is 2.18. The van der Waals surface area contributed by atoms with Crippen LogP contribution < -0.4 is 4.72 Å². The molecule has 0 radical (unpaired) electrons. The summed E-state index contributed by atoms with van der Waals surface area (Å²) in [6, 6.07) is 5.28. The van der Waals surface area contributed by atoms with Crippen LogP contribution in [0.15, 0.2) is 22.7 Å². The summed E-state index contributed by atoms with van der Waals surface area (Å²) in [5.41, 5.74) is 1.37. The van der Waals surface area contributed by atoms with Crippen molar-refractivity contribution in [3.8, 4) is 0 Å². The van der Waals surface area contributed by atoms with E-state index in [2.05, 4.69) is 20.7 Å². The zero-order valence-electron chi connectivity index (χ0n) is 11.5. The van der Waals surface area contributed by atoms with Crippen LogP contribution in [-0.2, 0) is 15.0 Å². The van der Waals surface area contributed by atoms with Gasteiger partial charge in [-0.1, -0.05) is 12.1 Å². The van der Waals surface area contributed by atoms with Crippen LogP contribution in [0.1, 0.15) is 18.4 Å². The van der Waals surface area contributed by atoms with E-state index < -0.39 is 22.1 Å². The van der Waals surface area contributed by atoms with Crippen LogP contribution in [0.5, 0.6) is 0 Å². The summed E-state index contributed by atoms with van der Waals surface area (Å²) in [6.07, 6.45) is 1.06. The van der Waals surface area contributed by atoms with Crippen LogP contribution in [0.3, 0.4) is 0 Å². The van der Waals surface area contributed by atoms with Crippen molar-refractivity contribution < 1.29 is 18.3 Å². The molecule has 1 heterocycles. The molecule has 0 bridgehead atoms. The van der Waals surface area contributed by atoms with Crippen molar-refractivity contribution in [2.24, 2.45) is 5.92 Å². The molecule has 6 nitrogen and oxygen atoms in total. The van der Waals surface area contributed by atoms with Gasteiger partial charge in [0.1, 0.15) is 0 Å². The van der Waals surface area contributed by atoms with E-state index in [1.54, 1.807) is 12.1 Å². The lowest BCUT2D eigenvalue weighted by Gasteiger charge is -2.30. The summed E-state index contributed by atoms with van der Waals surface area (Å²) in [4.78, 5) is 11.0. The molecule has 1 aromatic carbocycles. The Kier molecular flexibility index (Phi) is 4.90. The van der Waals surface area contributed by atoms with E-state index in [0.29, 0.717) is 29.5 Å². The van der Waals surface area contributed by atoms with Crippen molar-refractivity contribution >= 4 is 37.8 Å². The third-order valence-corrected chi connectivity index (χ3v) is 6.05. The Morgan fingerprint density at radius 3 is 2.86 bits per heavy atom. The number of nitrogens with zero attached hydrogens (tertiary/aromatic N) is 1. The van der Waals surface area contributed by atoms with Gasteiger partial charge in [-0.2, -0.15) is 12.7 Å². The van der Waals surface area contributed by atoms with E-state index in [1.165, 1.54) is 4.31 Å². The highest BCUT2D eigenvalue weighted by molar-refractivity contribution is 9.10. The van der Waals surface area contributed by atoms with Crippen LogP contribution in [-0.4, -0.2) is 36.9 Å². The molecule has 0 amide bonds. The predicted octanol–water partition coefficient (Wildman–Crippen LogP) is 2.21. The van der Waals surface area contributed by atoms with Crippen molar-refractivity contribution in [3.63, 3.8) is 0 Å². The SMILES string of the molecule is Cc1cccc(NS(=O)(=O)N2CCCC(C(=O)O)C2)c1Br. The summed E-state index contributed by atoms with van der Waals surface area (Å²) in [7, 11) is -3.75. The minimum absolute atomic E-state index is 0.00804. The first-order chi connectivity index (χ1) is 9.81. The molecule has 0 spiro atoms. The van der Waals surface area contributed by atoms with Crippen molar-refractivity contribution in [1.82, 2.24) is 4.31 Å². The summed E-state index contributed by atoms with van der Waals surface area (Å²) >= 11 is 3.35. The minimum Gasteiger partial charge on any atom is -0.481 e. The Hall–Kier alpha value is -1.12. The van der Waals surface area contributed by atoms with Gasteiger partial charge in [-0.05, 0) is 47.3 Å². The van der Waals surface area contributed by atoms with Gasteiger partial charge in [-0.3, -0.25) is 9.52 Å². The van der Waals surface area contributed by atoms with Gasteiger partial charge in [0.25, 0.3) is 0 Å². The molecule has 8 heteroatoms. The molecule has 0 aliphatic carbocycles. The first-order valence-corrected chi connectivity index (χ1v) is 8.80. The molecule has 21 heavy (non-hydrogen) atoms. The molecule has 2 rings (SSSR count). The number of aryl methyl sites for hydroxylation is 1. The molecule has 1 fully saturated rings. The summed E-state index contributed by atoms with van der Waals surface area (Å²) < 4.78 is 29.2. The van der Waals surface area contributed by atoms with Crippen LogP contribution in [0.2, 0.25) is 0 Å². The third kappa shape index (κ3) is 3.75. The average Bonchev–Trinajstić information content (AvgIpc) is 2.44. The van der Waals surface area contributed by atoms with Crippen molar-refractivity contribution in [2.75, 3.05) is 17.8 Å². The van der Waals surface area contributed by atoms with E-state index in [1.807, 2.05) is 13.0 Å². The Morgan fingerprint density at radius 2 is 2.19 bits per heavy atom. The number of carboxylic acids is 1. The number of hydrogen-bond acceptors (Lipinski definition) is 3. The van der Waals surface area contributed by atoms with E-state index in [9.17, 15) is 13.2 Å². The largest absolute Gasteiger partial charge is 0.481 e. The number of halogens is 1. The highest BCUT2D eigenvalue weighted by Gasteiger charge is 2.32. The topological polar surface area (TPSA) is 86.7 Å². The quantitative estimate of drug-likeness (QED) is 0.843. The number of aliphatic carboxylic acids is 1. The van der Waals surface area contributed by atoms with Gasteiger partial charge in [0, 0.05) is 17.6 Å². The van der Waals surface area contributed by atoms with Gasteiger partial charge in [-0.15, -0.1) is 0 Å². The van der Waals surface area contributed by atoms with Crippen LogP contribution in [0, 0.1) is 12.8 Å². The number of benzene rings is 1. The fourth-order valence-electron chi connectivity index (χ4n) is 2.29. The number of carbonyl (C=O) groups is 1. The molecule has 1 aromatic rings. The van der Waals surface area contributed by atoms with Crippen LogP contribution >= 0.6 is 15.9 Å². The van der Waals surface area contributed by atoms with Gasteiger partial charge in [0.05, 0.1) is 11.6 Å².